The first kappa shape index (κ1) is 10.9. The average Bonchev–Trinajstić information content (AvgIpc) is 2.65. The van der Waals surface area contributed by atoms with E-state index in [1.54, 1.807) is 6.07 Å². The van der Waals surface area contributed by atoms with Crippen molar-refractivity contribution < 1.29 is 8.42 Å². The van der Waals surface area contributed by atoms with Crippen LogP contribution in [0.1, 0.15) is 5.56 Å². The SMILES string of the molecule is N#CCc1ccc(S(=O)(=O)Cl)c2[nH]cnc12. The summed E-state index contributed by atoms with van der Waals surface area (Å²) in [5.74, 6) is 0. The van der Waals surface area contributed by atoms with Crippen LogP contribution in [-0.4, -0.2) is 18.4 Å². The summed E-state index contributed by atoms with van der Waals surface area (Å²) in [5, 5.41) is 8.61. The topological polar surface area (TPSA) is 86.6 Å². The molecule has 0 amide bonds. The minimum Gasteiger partial charge on any atom is -0.343 e. The summed E-state index contributed by atoms with van der Waals surface area (Å²) in [4.78, 5) is 6.67. The summed E-state index contributed by atoms with van der Waals surface area (Å²) in [7, 11) is 1.47. The zero-order chi connectivity index (χ0) is 11.8. The Morgan fingerprint density at radius 1 is 1.50 bits per heavy atom. The van der Waals surface area contributed by atoms with E-state index in [0.29, 0.717) is 16.6 Å². The van der Waals surface area contributed by atoms with Crippen LogP contribution in [0, 0.1) is 11.3 Å². The Morgan fingerprint density at radius 2 is 2.25 bits per heavy atom. The molecule has 7 heteroatoms. The number of nitriles is 1. The Kier molecular flexibility index (Phi) is 2.58. The van der Waals surface area contributed by atoms with Gasteiger partial charge >= 0.3 is 0 Å². The molecular weight excluding hydrogens is 250 g/mol. The van der Waals surface area contributed by atoms with E-state index in [9.17, 15) is 8.42 Å². The first-order valence-corrected chi connectivity index (χ1v) is 6.61. The second kappa shape index (κ2) is 3.77. The highest BCUT2D eigenvalue weighted by atomic mass is 35.7. The molecule has 0 fully saturated rings. The second-order valence-electron chi connectivity index (χ2n) is 3.12. The fraction of sp³-hybridized carbons (Fsp3) is 0.111. The number of H-pyrrole nitrogens is 1. The quantitative estimate of drug-likeness (QED) is 0.825. The van der Waals surface area contributed by atoms with Crippen molar-refractivity contribution in [3.8, 4) is 6.07 Å². The van der Waals surface area contributed by atoms with Crippen molar-refractivity contribution in [2.24, 2.45) is 0 Å². The molecule has 0 aliphatic heterocycles. The van der Waals surface area contributed by atoms with Crippen molar-refractivity contribution in [2.75, 3.05) is 0 Å². The zero-order valence-corrected chi connectivity index (χ0v) is 9.51. The molecule has 82 valence electrons. The molecule has 1 N–H and O–H groups in total. The van der Waals surface area contributed by atoms with Crippen molar-refractivity contribution >= 4 is 30.8 Å². The third kappa shape index (κ3) is 1.75. The molecule has 0 aliphatic carbocycles. The summed E-state index contributed by atoms with van der Waals surface area (Å²) in [5.41, 5.74) is 1.47. The van der Waals surface area contributed by atoms with Gasteiger partial charge in [0, 0.05) is 10.7 Å². The highest BCUT2D eigenvalue weighted by Crippen LogP contribution is 2.25. The van der Waals surface area contributed by atoms with Crippen LogP contribution in [0.25, 0.3) is 11.0 Å². The molecule has 5 nitrogen and oxygen atoms in total. The molecule has 0 saturated carbocycles. The summed E-state index contributed by atoms with van der Waals surface area (Å²) in [6.45, 7) is 0. The maximum Gasteiger partial charge on any atom is 0.263 e. The standard InChI is InChI=1S/C9H6ClN3O2S/c10-16(14,15)7-2-1-6(3-4-11)8-9(7)13-5-12-8/h1-2,5H,3H2,(H,12,13). The van der Waals surface area contributed by atoms with Gasteiger partial charge in [0.2, 0.25) is 0 Å². The number of aromatic nitrogens is 2. The number of rotatable bonds is 2. The van der Waals surface area contributed by atoms with Crippen molar-refractivity contribution in [1.29, 1.82) is 5.26 Å². The van der Waals surface area contributed by atoms with Gasteiger partial charge in [-0.2, -0.15) is 5.26 Å². The molecule has 1 aromatic heterocycles. The van der Waals surface area contributed by atoms with E-state index in [1.807, 2.05) is 6.07 Å². The third-order valence-electron chi connectivity index (χ3n) is 2.16. The molecule has 0 aliphatic rings. The summed E-state index contributed by atoms with van der Waals surface area (Å²) >= 11 is 0. The van der Waals surface area contributed by atoms with E-state index < -0.39 is 9.05 Å². The Morgan fingerprint density at radius 3 is 2.88 bits per heavy atom. The van der Waals surface area contributed by atoms with Gasteiger partial charge in [0.15, 0.2) is 0 Å². The van der Waals surface area contributed by atoms with E-state index in [2.05, 4.69) is 9.97 Å². The molecule has 2 rings (SSSR count). The van der Waals surface area contributed by atoms with Crippen LogP contribution in [0.2, 0.25) is 0 Å². The lowest BCUT2D eigenvalue weighted by atomic mass is 10.1. The van der Waals surface area contributed by atoms with Crippen molar-refractivity contribution in [3.05, 3.63) is 24.0 Å². The lowest BCUT2D eigenvalue weighted by Crippen LogP contribution is -1.94. The van der Waals surface area contributed by atoms with E-state index in [4.69, 9.17) is 15.9 Å². The summed E-state index contributed by atoms with van der Waals surface area (Å²) < 4.78 is 22.5. The van der Waals surface area contributed by atoms with E-state index >= 15 is 0 Å². The van der Waals surface area contributed by atoms with E-state index in [1.165, 1.54) is 12.4 Å². The van der Waals surface area contributed by atoms with Crippen LogP contribution in [0.15, 0.2) is 23.4 Å². The van der Waals surface area contributed by atoms with Crippen molar-refractivity contribution in [2.45, 2.75) is 11.3 Å². The Bertz CT molecular complexity index is 684. The lowest BCUT2D eigenvalue weighted by molar-refractivity contribution is 0.610. The molecule has 0 spiro atoms. The van der Waals surface area contributed by atoms with Gasteiger partial charge in [-0.05, 0) is 11.6 Å². The Balaban J connectivity index is 2.80. The number of aromatic amines is 1. The van der Waals surface area contributed by atoms with Crippen LogP contribution in [0.4, 0.5) is 0 Å². The first-order chi connectivity index (χ1) is 7.54. The Labute approximate surface area is 96.1 Å². The minimum absolute atomic E-state index is 0.0247. The average molecular weight is 256 g/mol. The number of benzene rings is 1. The van der Waals surface area contributed by atoms with Gasteiger partial charge in [0.1, 0.15) is 4.90 Å². The van der Waals surface area contributed by atoms with Crippen LogP contribution in [0.5, 0.6) is 0 Å². The highest BCUT2D eigenvalue weighted by molar-refractivity contribution is 8.14. The molecule has 0 bridgehead atoms. The highest BCUT2D eigenvalue weighted by Gasteiger charge is 2.17. The van der Waals surface area contributed by atoms with Gasteiger partial charge in [-0.15, -0.1) is 0 Å². The molecule has 1 heterocycles. The van der Waals surface area contributed by atoms with Crippen LogP contribution in [0.3, 0.4) is 0 Å². The van der Waals surface area contributed by atoms with Crippen molar-refractivity contribution in [1.82, 2.24) is 9.97 Å². The number of halogens is 1. The molecule has 16 heavy (non-hydrogen) atoms. The number of nitrogens with zero attached hydrogens (tertiary/aromatic N) is 2. The molecule has 2 aromatic rings. The molecule has 0 atom stereocenters. The van der Waals surface area contributed by atoms with Crippen LogP contribution >= 0.6 is 10.7 Å². The maximum atomic E-state index is 11.3. The van der Waals surface area contributed by atoms with E-state index in [0.717, 1.165) is 0 Å². The number of hydrogen-bond acceptors (Lipinski definition) is 4. The molecule has 0 radical (unpaired) electrons. The molecule has 0 saturated heterocycles. The maximum absolute atomic E-state index is 11.3. The fourth-order valence-electron chi connectivity index (χ4n) is 1.50. The predicted molar refractivity (Wildman–Crippen MR) is 58.4 cm³/mol. The van der Waals surface area contributed by atoms with Crippen LogP contribution in [-0.2, 0) is 15.5 Å². The second-order valence-corrected chi connectivity index (χ2v) is 5.66. The van der Waals surface area contributed by atoms with Gasteiger partial charge in [-0.1, -0.05) is 6.07 Å². The number of fused-ring (bicyclic) bond motifs is 1. The first-order valence-electron chi connectivity index (χ1n) is 4.30. The molecular formula is C9H6ClN3O2S. The minimum atomic E-state index is -3.81. The molecule has 1 aromatic carbocycles. The normalized spacial score (nSPS) is 11.5. The van der Waals surface area contributed by atoms with Gasteiger partial charge in [-0.25, -0.2) is 13.4 Å². The number of nitrogens with one attached hydrogen (secondary N) is 1. The van der Waals surface area contributed by atoms with Gasteiger partial charge in [-0.3, -0.25) is 0 Å². The Hall–Kier alpha value is -1.58. The predicted octanol–water partition coefficient (Wildman–Crippen LogP) is 1.56. The smallest absolute Gasteiger partial charge is 0.263 e. The summed E-state index contributed by atoms with van der Waals surface area (Å²) in [6.07, 6.45) is 1.54. The van der Waals surface area contributed by atoms with Crippen molar-refractivity contribution in [3.63, 3.8) is 0 Å². The van der Waals surface area contributed by atoms with E-state index in [-0.39, 0.29) is 11.3 Å². The fourth-order valence-corrected chi connectivity index (χ4v) is 2.51. The largest absolute Gasteiger partial charge is 0.343 e. The zero-order valence-electron chi connectivity index (χ0n) is 7.94. The van der Waals surface area contributed by atoms with Gasteiger partial charge in [0.05, 0.1) is 29.9 Å². The number of imidazole rings is 1. The summed E-state index contributed by atoms with van der Waals surface area (Å²) in [6, 6.07) is 4.90. The van der Waals surface area contributed by atoms with Crippen LogP contribution < -0.4 is 0 Å². The monoisotopic (exact) mass is 255 g/mol. The number of hydrogen-bond donors (Lipinski definition) is 1. The lowest BCUT2D eigenvalue weighted by Gasteiger charge is -2.01. The van der Waals surface area contributed by atoms with Gasteiger partial charge < -0.3 is 4.98 Å². The molecule has 0 unspecified atom stereocenters. The van der Waals surface area contributed by atoms with Gasteiger partial charge in [0.25, 0.3) is 9.05 Å². The third-order valence-corrected chi connectivity index (χ3v) is 3.52.